The summed E-state index contributed by atoms with van der Waals surface area (Å²) in [7, 11) is 0. The highest BCUT2D eigenvalue weighted by atomic mass is 32.1. The Morgan fingerprint density at radius 3 is 2.55 bits per heavy atom. The van der Waals surface area contributed by atoms with Gasteiger partial charge in [0.2, 0.25) is 11.8 Å². The smallest absolute Gasteiger partial charge is 0.248 e. The molecular formula is C21H26F2N4O3S. The van der Waals surface area contributed by atoms with Crippen molar-refractivity contribution in [1.82, 2.24) is 10.3 Å². The summed E-state index contributed by atoms with van der Waals surface area (Å²) >= 11 is 1.39. The largest absolute Gasteiger partial charge is 0.378 e. The molecule has 1 atom stereocenters. The lowest BCUT2D eigenvalue weighted by Gasteiger charge is -2.27. The van der Waals surface area contributed by atoms with E-state index in [-0.39, 0.29) is 17.9 Å². The number of halogens is 2. The maximum Gasteiger partial charge on any atom is 0.248 e. The van der Waals surface area contributed by atoms with Crippen molar-refractivity contribution in [2.75, 3.05) is 36.5 Å². The van der Waals surface area contributed by atoms with E-state index in [0.29, 0.717) is 31.2 Å². The standard InChI is InChI=1S/C21H26F2N4O3S/c1-3-4-17(25-18(28)11-14-9-15(22)12-16(23)10-14)19(29)26-21-24-13(2)20(31-21)27-5-7-30-8-6-27/h9-10,12,17H,3-8,11H2,1-2H3,(H,25,28)(H,24,26,29). The van der Waals surface area contributed by atoms with Crippen molar-refractivity contribution in [3.8, 4) is 0 Å². The van der Waals surface area contributed by atoms with Crippen LogP contribution in [-0.4, -0.2) is 49.1 Å². The van der Waals surface area contributed by atoms with Gasteiger partial charge in [0.1, 0.15) is 22.7 Å². The Morgan fingerprint density at radius 1 is 1.23 bits per heavy atom. The Hall–Kier alpha value is -2.59. The fourth-order valence-electron chi connectivity index (χ4n) is 3.40. The van der Waals surface area contributed by atoms with Crippen LogP contribution in [0.3, 0.4) is 0 Å². The Labute approximate surface area is 183 Å². The van der Waals surface area contributed by atoms with E-state index in [0.717, 1.165) is 42.0 Å². The molecule has 1 aromatic heterocycles. The summed E-state index contributed by atoms with van der Waals surface area (Å²) in [4.78, 5) is 31.8. The summed E-state index contributed by atoms with van der Waals surface area (Å²) in [6.07, 6.45) is 0.873. The van der Waals surface area contributed by atoms with E-state index in [1.54, 1.807) is 0 Å². The maximum absolute atomic E-state index is 13.3. The molecule has 1 aromatic carbocycles. The fraction of sp³-hybridized carbons (Fsp3) is 0.476. The zero-order valence-electron chi connectivity index (χ0n) is 17.5. The second-order valence-corrected chi connectivity index (χ2v) is 8.34. The molecule has 0 radical (unpaired) electrons. The number of hydrogen-bond acceptors (Lipinski definition) is 6. The molecule has 0 spiro atoms. The van der Waals surface area contributed by atoms with Gasteiger partial charge in [-0.2, -0.15) is 0 Å². The van der Waals surface area contributed by atoms with Gasteiger partial charge >= 0.3 is 0 Å². The number of thiazole rings is 1. The molecule has 10 heteroatoms. The van der Waals surface area contributed by atoms with Crippen LogP contribution in [-0.2, 0) is 20.7 Å². The SMILES string of the molecule is CCCC(NC(=O)Cc1cc(F)cc(F)c1)C(=O)Nc1nc(C)c(N2CCOCC2)s1. The lowest BCUT2D eigenvalue weighted by Crippen LogP contribution is -2.44. The van der Waals surface area contributed by atoms with E-state index < -0.39 is 23.6 Å². The van der Waals surface area contributed by atoms with Crippen molar-refractivity contribution >= 4 is 33.3 Å². The molecule has 2 heterocycles. The number of aromatic nitrogens is 1. The molecule has 2 amide bonds. The molecule has 1 unspecified atom stereocenters. The van der Waals surface area contributed by atoms with Gasteiger partial charge in [-0.15, -0.1) is 0 Å². The fourth-order valence-corrected chi connectivity index (χ4v) is 4.42. The summed E-state index contributed by atoms with van der Waals surface area (Å²) < 4.78 is 32.1. The topological polar surface area (TPSA) is 83.6 Å². The van der Waals surface area contributed by atoms with Crippen molar-refractivity contribution < 1.29 is 23.1 Å². The number of carbonyl (C=O) groups excluding carboxylic acids is 2. The van der Waals surface area contributed by atoms with Crippen molar-refractivity contribution in [2.24, 2.45) is 0 Å². The van der Waals surface area contributed by atoms with Crippen molar-refractivity contribution in [2.45, 2.75) is 39.2 Å². The highest BCUT2D eigenvalue weighted by molar-refractivity contribution is 7.19. The quantitative estimate of drug-likeness (QED) is 0.643. The van der Waals surface area contributed by atoms with Gasteiger partial charge in [0.15, 0.2) is 5.13 Å². The highest BCUT2D eigenvalue weighted by Crippen LogP contribution is 2.32. The second-order valence-electron chi connectivity index (χ2n) is 7.36. The third-order valence-electron chi connectivity index (χ3n) is 4.82. The van der Waals surface area contributed by atoms with Crippen LogP contribution < -0.4 is 15.5 Å². The van der Waals surface area contributed by atoms with Gasteiger partial charge in [-0.05, 0) is 31.0 Å². The zero-order valence-corrected chi connectivity index (χ0v) is 18.4. The number of amides is 2. The summed E-state index contributed by atoms with van der Waals surface area (Å²) in [6.45, 7) is 6.63. The highest BCUT2D eigenvalue weighted by Gasteiger charge is 2.23. The van der Waals surface area contributed by atoms with E-state index in [2.05, 4.69) is 20.5 Å². The number of ether oxygens (including phenoxy) is 1. The number of nitrogens with one attached hydrogen (secondary N) is 2. The summed E-state index contributed by atoms with van der Waals surface area (Å²) in [5, 5.41) is 6.91. The van der Waals surface area contributed by atoms with E-state index in [1.807, 2.05) is 13.8 Å². The minimum Gasteiger partial charge on any atom is -0.378 e. The van der Waals surface area contributed by atoms with Crippen LogP contribution in [0, 0.1) is 18.6 Å². The Morgan fingerprint density at radius 2 is 1.90 bits per heavy atom. The third kappa shape index (κ3) is 6.44. The molecule has 168 valence electrons. The first kappa shape index (κ1) is 23.1. The summed E-state index contributed by atoms with van der Waals surface area (Å²) in [6, 6.07) is 2.18. The van der Waals surface area contributed by atoms with Crippen LogP contribution in [0.1, 0.15) is 31.0 Å². The van der Waals surface area contributed by atoms with Gasteiger partial charge in [0, 0.05) is 19.2 Å². The third-order valence-corrected chi connectivity index (χ3v) is 5.95. The first-order valence-corrected chi connectivity index (χ1v) is 11.0. The van der Waals surface area contributed by atoms with Crippen LogP contribution >= 0.6 is 11.3 Å². The molecule has 1 fully saturated rings. The molecular weight excluding hydrogens is 426 g/mol. The predicted molar refractivity (Wildman–Crippen MR) is 115 cm³/mol. The van der Waals surface area contributed by atoms with Gasteiger partial charge in [-0.1, -0.05) is 24.7 Å². The number of anilines is 2. The van der Waals surface area contributed by atoms with Gasteiger partial charge in [-0.25, -0.2) is 13.8 Å². The molecule has 1 aliphatic rings. The Bertz CT molecular complexity index is 911. The van der Waals surface area contributed by atoms with E-state index in [9.17, 15) is 18.4 Å². The Balaban J connectivity index is 1.62. The van der Waals surface area contributed by atoms with Gasteiger partial charge in [0.05, 0.1) is 25.3 Å². The zero-order chi connectivity index (χ0) is 22.4. The summed E-state index contributed by atoms with van der Waals surface area (Å²) in [5.74, 6) is -2.35. The van der Waals surface area contributed by atoms with Gasteiger partial charge in [0.25, 0.3) is 0 Å². The molecule has 0 aliphatic carbocycles. The first-order valence-electron chi connectivity index (χ1n) is 10.2. The molecule has 1 aliphatic heterocycles. The normalized spacial score (nSPS) is 14.9. The lowest BCUT2D eigenvalue weighted by molar-refractivity contribution is -0.126. The molecule has 2 N–H and O–H groups in total. The molecule has 1 saturated heterocycles. The minimum atomic E-state index is -0.771. The van der Waals surface area contributed by atoms with Crippen molar-refractivity contribution in [3.05, 3.63) is 41.1 Å². The maximum atomic E-state index is 13.3. The lowest BCUT2D eigenvalue weighted by atomic mass is 10.1. The number of aryl methyl sites for hydroxylation is 1. The number of rotatable bonds is 8. The van der Waals surface area contributed by atoms with Gasteiger partial charge < -0.3 is 20.3 Å². The second kappa shape index (κ2) is 10.6. The number of hydrogen-bond donors (Lipinski definition) is 2. The molecule has 2 aromatic rings. The number of carbonyl (C=O) groups is 2. The first-order chi connectivity index (χ1) is 14.9. The minimum absolute atomic E-state index is 0.205. The van der Waals surface area contributed by atoms with Crippen molar-refractivity contribution in [1.29, 1.82) is 0 Å². The van der Waals surface area contributed by atoms with Crippen LogP contribution in [0.2, 0.25) is 0 Å². The van der Waals surface area contributed by atoms with Crippen LogP contribution in [0.25, 0.3) is 0 Å². The average molecular weight is 453 g/mol. The average Bonchev–Trinajstić information content (AvgIpc) is 3.07. The van der Waals surface area contributed by atoms with Crippen LogP contribution in [0.4, 0.5) is 18.9 Å². The predicted octanol–water partition coefficient (Wildman–Crippen LogP) is 3.03. The number of benzene rings is 1. The number of morpholine rings is 1. The summed E-state index contributed by atoms with van der Waals surface area (Å²) in [5.41, 5.74) is 1.03. The van der Waals surface area contributed by atoms with Gasteiger partial charge in [-0.3, -0.25) is 9.59 Å². The molecule has 0 bridgehead atoms. The van der Waals surface area contributed by atoms with Crippen molar-refractivity contribution in [3.63, 3.8) is 0 Å². The molecule has 0 saturated carbocycles. The monoisotopic (exact) mass is 452 g/mol. The Kier molecular flexibility index (Phi) is 7.91. The van der Waals surface area contributed by atoms with Crippen LogP contribution in [0.5, 0.6) is 0 Å². The number of nitrogens with zero attached hydrogens (tertiary/aromatic N) is 2. The molecule has 31 heavy (non-hydrogen) atoms. The van der Waals surface area contributed by atoms with E-state index in [1.165, 1.54) is 11.3 Å². The van der Waals surface area contributed by atoms with Crippen LogP contribution in [0.15, 0.2) is 18.2 Å². The van der Waals surface area contributed by atoms with E-state index in [4.69, 9.17) is 4.74 Å². The van der Waals surface area contributed by atoms with E-state index >= 15 is 0 Å². The molecule has 7 nitrogen and oxygen atoms in total. The molecule has 3 rings (SSSR count).